The van der Waals surface area contributed by atoms with Gasteiger partial charge in [0.1, 0.15) is 0 Å². The second-order valence-electron chi connectivity index (χ2n) is 9.85. The molecule has 136 valence electrons. The maximum absolute atomic E-state index is 11.8. The zero-order valence-electron chi connectivity index (χ0n) is 15.1. The molecule has 0 aliphatic heterocycles. The lowest BCUT2D eigenvalue weighted by Crippen LogP contribution is -2.66. The zero-order valence-corrected chi connectivity index (χ0v) is 15.1. The van der Waals surface area contributed by atoms with E-state index in [4.69, 9.17) is 5.73 Å². The molecule has 0 saturated heterocycles. The van der Waals surface area contributed by atoms with Gasteiger partial charge in [-0.2, -0.15) is 0 Å². The number of hydrogen-bond acceptors (Lipinski definition) is 3. The number of aliphatic carboxylic acids is 1. The van der Waals surface area contributed by atoms with Gasteiger partial charge in [0.2, 0.25) is 0 Å². The molecule has 0 spiro atoms. The molecule has 4 rings (SSSR count). The molecule has 0 bridgehead atoms. The van der Waals surface area contributed by atoms with Crippen molar-refractivity contribution in [1.29, 1.82) is 0 Å². The first-order valence-electron chi connectivity index (χ1n) is 9.92. The first-order valence-corrected chi connectivity index (χ1v) is 9.92. The lowest BCUT2D eigenvalue weighted by atomic mass is 9.42. The highest BCUT2D eigenvalue weighted by Gasteiger charge is 2.67. The summed E-state index contributed by atoms with van der Waals surface area (Å²) in [6.07, 6.45) is 8.81. The Hall–Kier alpha value is -0.610. The highest BCUT2D eigenvalue weighted by atomic mass is 16.4. The number of fused-ring (bicyclic) bond motifs is 5. The predicted octanol–water partition coefficient (Wildman–Crippen LogP) is 3.17. The molecule has 24 heavy (non-hydrogen) atoms. The summed E-state index contributed by atoms with van der Waals surface area (Å²) >= 11 is 0. The van der Waals surface area contributed by atoms with Crippen molar-refractivity contribution in [2.75, 3.05) is 0 Å². The molecule has 8 atom stereocenters. The fraction of sp³-hybridized carbons (Fsp3) is 0.950. The SMILES string of the molecule is C[C@]12CC[C@H](O)C[C@H]1CC[C@@H]1[C@@H]2CC[C@]2(C)[C@@H](C(=O)O)CC[C@@]12N. The summed E-state index contributed by atoms with van der Waals surface area (Å²) in [5.74, 6) is 0.754. The summed E-state index contributed by atoms with van der Waals surface area (Å²) in [5.41, 5.74) is 6.80. The average Bonchev–Trinajstić information content (AvgIpc) is 2.80. The summed E-state index contributed by atoms with van der Waals surface area (Å²) in [6.45, 7) is 4.60. The minimum atomic E-state index is -0.649. The molecule has 4 saturated carbocycles. The molecule has 4 fully saturated rings. The van der Waals surface area contributed by atoms with E-state index < -0.39 is 5.97 Å². The van der Waals surface area contributed by atoms with E-state index in [0.29, 0.717) is 17.8 Å². The Morgan fingerprint density at radius 2 is 1.75 bits per heavy atom. The van der Waals surface area contributed by atoms with Crippen LogP contribution in [0, 0.1) is 34.5 Å². The maximum Gasteiger partial charge on any atom is 0.307 e. The molecule has 4 N–H and O–H groups in total. The van der Waals surface area contributed by atoms with Gasteiger partial charge in [-0.05, 0) is 86.4 Å². The van der Waals surface area contributed by atoms with Crippen LogP contribution in [0.25, 0.3) is 0 Å². The first-order chi connectivity index (χ1) is 11.2. The third-order valence-electron chi connectivity index (χ3n) is 9.28. The Kier molecular flexibility index (Phi) is 3.65. The monoisotopic (exact) mass is 335 g/mol. The Morgan fingerprint density at radius 1 is 1.00 bits per heavy atom. The van der Waals surface area contributed by atoms with Crippen LogP contribution >= 0.6 is 0 Å². The van der Waals surface area contributed by atoms with Crippen LogP contribution in [-0.2, 0) is 4.79 Å². The molecule has 0 amide bonds. The fourth-order valence-corrected chi connectivity index (χ4v) is 7.70. The van der Waals surface area contributed by atoms with Crippen molar-refractivity contribution in [1.82, 2.24) is 0 Å². The summed E-state index contributed by atoms with van der Waals surface area (Å²) in [4.78, 5) is 11.8. The highest BCUT2D eigenvalue weighted by Crippen LogP contribution is 2.68. The van der Waals surface area contributed by atoms with Crippen LogP contribution < -0.4 is 5.73 Å². The topological polar surface area (TPSA) is 83.5 Å². The minimum Gasteiger partial charge on any atom is -0.481 e. The van der Waals surface area contributed by atoms with Gasteiger partial charge in [0, 0.05) is 5.54 Å². The van der Waals surface area contributed by atoms with Gasteiger partial charge in [0.25, 0.3) is 0 Å². The molecule has 0 aromatic heterocycles. The molecule has 0 radical (unpaired) electrons. The largest absolute Gasteiger partial charge is 0.481 e. The minimum absolute atomic E-state index is 0.122. The van der Waals surface area contributed by atoms with E-state index in [1.54, 1.807) is 0 Å². The van der Waals surface area contributed by atoms with Crippen molar-refractivity contribution >= 4 is 5.97 Å². The molecule has 4 aliphatic rings. The molecule has 4 nitrogen and oxygen atoms in total. The van der Waals surface area contributed by atoms with E-state index in [0.717, 1.165) is 57.8 Å². The second-order valence-corrected chi connectivity index (χ2v) is 9.85. The van der Waals surface area contributed by atoms with Crippen LogP contribution in [0.3, 0.4) is 0 Å². The lowest BCUT2D eigenvalue weighted by molar-refractivity contribution is -0.157. The highest BCUT2D eigenvalue weighted by molar-refractivity contribution is 5.72. The van der Waals surface area contributed by atoms with Gasteiger partial charge < -0.3 is 15.9 Å². The maximum atomic E-state index is 11.8. The average molecular weight is 335 g/mol. The van der Waals surface area contributed by atoms with Crippen molar-refractivity contribution in [3.8, 4) is 0 Å². The number of carbonyl (C=O) groups is 1. The summed E-state index contributed by atoms with van der Waals surface area (Å²) in [7, 11) is 0. The van der Waals surface area contributed by atoms with Crippen molar-refractivity contribution in [2.45, 2.75) is 83.3 Å². The van der Waals surface area contributed by atoms with Crippen molar-refractivity contribution in [3.05, 3.63) is 0 Å². The lowest BCUT2D eigenvalue weighted by Gasteiger charge is -2.64. The van der Waals surface area contributed by atoms with Crippen molar-refractivity contribution in [2.24, 2.45) is 40.2 Å². The third-order valence-corrected chi connectivity index (χ3v) is 9.28. The number of rotatable bonds is 1. The summed E-state index contributed by atoms with van der Waals surface area (Å²) < 4.78 is 0. The van der Waals surface area contributed by atoms with E-state index in [1.807, 2.05) is 0 Å². The van der Waals surface area contributed by atoms with Gasteiger partial charge >= 0.3 is 5.97 Å². The number of nitrogens with two attached hydrogens (primary N) is 1. The van der Waals surface area contributed by atoms with Crippen LogP contribution in [0.4, 0.5) is 0 Å². The Balaban J connectivity index is 1.68. The molecular formula is C20H33NO3. The first kappa shape index (κ1) is 16.8. The molecular weight excluding hydrogens is 302 g/mol. The predicted molar refractivity (Wildman–Crippen MR) is 92.3 cm³/mol. The van der Waals surface area contributed by atoms with E-state index in [-0.39, 0.29) is 28.4 Å². The van der Waals surface area contributed by atoms with Gasteiger partial charge in [-0.1, -0.05) is 13.8 Å². The third kappa shape index (κ3) is 1.96. The van der Waals surface area contributed by atoms with Crippen molar-refractivity contribution < 1.29 is 15.0 Å². The Morgan fingerprint density at radius 3 is 2.46 bits per heavy atom. The van der Waals surface area contributed by atoms with Crippen molar-refractivity contribution in [3.63, 3.8) is 0 Å². The Bertz CT molecular complexity index is 551. The zero-order chi connectivity index (χ0) is 17.3. The van der Waals surface area contributed by atoms with E-state index in [9.17, 15) is 15.0 Å². The normalized spacial score (nSPS) is 56.9. The molecule has 0 unspecified atom stereocenters. The van der Waals surface area contributed by atoms with Gasteiger partial charge in [-0.25, -0.2) is 0 Å². The van der Waals surface area contributed by atoms with Gasteiger partial charge in [0.05, 0.1) is 12.0 Å². The summed E-state index contributed by atoms with van der Waals surface area (Å²) in [5, 5.41) is 19.8. The number of aliphatic hydroxyl groups excluding tert-OH is 1. The molecule has 4 aliphatic carbocycles. The molecule has 4 heteroatoms. The van der Waals surface area contributed by atoms with Crippen LogP contribution in [0.15, 0.2) is 0 Å². The number of carboxylic acid groups (broad SMARTS) is 1. The fourth-order valence-electron chi connectivity index (χ4n) is 7.70. The number of hydrogen-bond donors (Lipinski definition) is 3. The van der Waals surface area contributed by atoms with Gasteiger partial charge in [-0.15, -0.1) is 0 Å². The standard InChI is InChI=1S/C20H33NO3/c1-18-8-5-13(22)11-12(18)3-4-15-14(18)6-9-19(2)16(17(23)24)7-10-20(15,19)21/h12-16,22H,3-11,21H2,1-2H3,(H,23,24)/t12-,13+,14+,15-,16-,18+,19-,20-/m1/s1. The van der Waals surface area contributed by atoms with E-state index in [2.05, 4.69) is 13.8 Å². The van der Waals surface area contributed by atoms with Gasteiger partial charge in [0.15, 0.2) is 0 Å². The molecule has 0 aromatic carbocycles. The van der Waals surface area contributed by atoms with Gasteiger partial charge in [-0.3, -0.25) is 4.79 Å². The molecule has 0 heterocycles. The Labute approximate surface area is 145 Å². The second kappa shape index (κ2) is 5.20. The van der Waals surface area contributed by atoms with Crippen LogP contribution in [0.1, 0.15) is 71.6 Å². The summed E-state index contributed by atoms with van der Waals surface area (Å²) in [6, 6.07) is 0. The van der Waals surface area contributed by atoms with Crippen LogP contribution in [0.2, 0.25) is 0 Å². The molecule has 0 aromatic rings. The van der Waals surface area contributed by atoms with Crippen LogP contribution in [-0.4, -0.2) is 27.8 Å². The number of aliphatic hydroxyl groups is 1. The number of carboxylic acids is 1. The van der Waals surface area contributed by atoms with Crippen LogP contribution in [0.5, 0.6) is 0 Å². The quantitative estimate of drug-likeness (QED) is 0.687. The smallest absolute Gasteiger partial charge is 0.307 e. The van der Waals surface area contributed by atoms with E-state index >= 15 is 0 Å². The van der Waals surface area contributed by atoms with E-state index in [1.165, 1.54) is 0 Å².